The van der Waals surface area contributed by atoms with Crippen LogP contribution in [0.1, 0.15) is 28.8 Å². The Morgan fingerprint density at radius 2 is 1.52 bits per heavy atom. The molecular formula is C25H25N3O3. The fraction of sp³-hybridized carbons (Fsp3) is 0.280. The molecule has 1 N–H and O–H groups in total. The number of carbonyl (C=O) groups is 2. The number of hydrogen-bond donors (Lipinski definition) is 1. The summed E-state index contributed by atoms with van der Waals surface area (Å²) in [6.45, 7) is 1.17. The molecular weight excluding hydrogens is 390 g/mol. The molecule has 0 saturated carbocycles. The number of likely N-dealkylation sites (tertiary alicyclic amines) is 1. The number of piperidine rings is 1. The number of nitrogens with zero attached hydrogens (tertiary/aromatic N) is 3. The second kappa shape index (κ2) is 9.62. The smallest absolute Gasteiger partial charge is 0.306 e. The molecule has 2 aromatic carbocycles. The van der Waals surface area contributed by atoms with Gasteiger partial charge in [-0.25, -0.2) is 9.97 Å². The Morgan fingerprint density at radius 3 is 2.10 bits per heavy atom. The molecule has 0 spiro atoms. The number of Topliss-reactive ketones (excluding diaryl/α,β-unsaturated/α-hetero) is 1. The number of carbonyl (C=O) groups excluding carboxylic acids is 1. The van der Waals surface area contributed by atoms with E-state index in [-0.39, 0.29) is 17.7 Å². The van der Waals surface area contributed by atoms with Crippen molar-refractivity contribution >= 4 is 11.8 Å². The standard InChI is InChI=1S/C25H25N3O3/c29-23(21-16-26-24(27-17-21)19-9-5-2-6-10-19)22(15-18-7-3-1-4-8-18)28-13-11-20(12-14-28)25(30)31/h1-10,16-17,20,22H,11-15H2,(H,30,31). The Bertz CT molecular complexity index is 1010. The zero-order valence-electron chi connectivity index (χ0n) is 17.2. The van der Waals surface area contributed by atoms with Gasteiger partial charge in [-0.1, -0.05) is 60.7 Å². The van der Waals surface area contributed by atoms with Gasteiger partial charge in [0.15, 0.2) is 11.6 Å². The van der Waals surface area contributed by atoms with Gasteiger partial charge in [-0.05, 0) is 37.9 Å². The molecule has 158 valence electrons. The van der Waals surface area contributed by atoms with E-state index < -0.39 is 5.97 Å². The average molecular weight is 415 g/mol. The van der Waals surface area contributed by atoms with Crippen molar-refractivity contribution in [2.24, 2.45) is 5.92 Å². The van der Waals surface area contributed by atoms with Crippen LogP contribution in [0.3, 0.4) is 0 Å². The maximum Gasteiger partial charge on any atom is 0.306 e. The van der Waals surface area contributed by atoms with Crippen molar-refractivity contribution < 1.29 is 14.7 Å². The molecule has 4 rings (SSSR count). The highest BCUT2D eigenvalue weighted by molar-refractivity contribution is 6.00. The van der Waals surface area contributed by atoms with Gasteiger partial charge in [0.25, 0.3) is 0 Å². The Kier molecular flexibility index (Phi) is 6.48. The second-order valence-electron chi connectivity index (χ2n) is 7.88. The van der Waals surface area contributed by atoms with E-state index in [0.29, 0.717) is 43.7 Å². The van der Waals surface area contributed by atoms with Crippen molar-refractivity contribution in [3.8, 4) is 11.4 Å². The van der Waals surface area contributed by atoms with Gasteiger partial charge in [0.2, 0.25) is 0 Å². The topological polar surface area (TPSA) is 83.4 Å². The van der Waals surface area contributed by atoms with Crippen LogP contribution in [0.2, 0.25) is 0 Å². The van der Waals surface area contributed by atoms with Crippen molar-refractivity contribution in [3.63, 3.8) is 0 Å². The van der Waals surface area contributed by atoms with Gasteiger partial charge in [-0.3, -0.25) is 14.5 Å². The van der Waals surface area contributed by atoms with E-state index in [1.807, 2.05) is 60.7 Å². The summed E-state index contributed by atoms with van der Waals surface area (Å²) in [6.07, 6.45) is 4.87. The van der Waals surface area contributed by atoms with Crippen LogP contribution in [-0.4, -0.2) is 50.9 Å². The third-order valence-electron chi connectivity index (χ3n) is 5.86. The molecule has 1 aliphatic heterocycles. The average Bonchev–Trinajstić information content (AvgIpc) is 2.83. The van der Waals surface area contributed by atoms with Crippen molar-refractivity contribution in [2.45, 2.75) is 25.3 Å². The molecule has 0 bridgehead atoms. The van der Waals surface area contributed by atoms with E-state index in [9.17, 15) is 14.7 Å². The van der Waals surface area contributed by atoms with Crippen molar-refractivity contribution in [2.75, 3.05) is 13.1 Å². The van der Waals surface area contributed by atoms with Gasteiger partial charge in [0.05, 0.1) is 17.5 Å². The van der Waals surface area contributed by atoms with Crippen LogP contribution in [0.4, 0.5) is 0 Å². The molecule has 1 aromatic heterocycles. The highest BCUT2D eigenvalue weighted by Gasteiger charge is 2.32. The number of aromatic nitrogens is 2. The SMILES string of the molecule is O=C(O)C1CCN(C(Cc2ccccc2)C(=O)c2cnc(-c3ccccc3)nc2)CC1. The third-order valence-corrected chi connectivity index (χ3v) is 5.86. The summed E-state index contributed by atoms with van der Waals surface area (Å²) in [5, 5.41) is 9.30. The van der Waals surface area contributed by atoms with Gasteiger partial charge in [-0.15, -0.1) is 0 Å². The van der Waals surface area contributed by atoms with E-state index in [1.54, 1.807) is 12.4 Å². The quantitative estimate of drug-likeness (QED) is 0.592. The van der Waals surface area contributed by atoms with E-state index in [0.717, 1.165) is 11.1 Å². The molecule has 1 fully saturated rings. The molecule has 0 aliphatic carbocycles. The fourth-order valence-corrected chi connectivity index (χ4v) is 4.07. The van der Waals surface area contributed by atoms with Crippen LogP contribution in [0.15, 0.2) is 73.1 Å². The van der Waals surface area contributed by atoms with E-state index in [1.165, 1.54) is 0 Å². The second-order valence-corrected chi connectivity index (χ2v) is 7.88. The molecule has 1 aliphatic rings. The molecule has 1 unspecified atom stereocenters. The predicted octanol–water partition coefficient (Wildman–Crippen LogP) is 3.73. The molecule has 2 heterocycles. The number of carboxylic acid groups (broad SMARTS) is 1. The summed E-state index contributed by atoms with van der Waals surface area (Å²) in [6, 6.07) is 19.2. The van der Waals surface area contributed by atoms with Crippen LogP contribution >= 0.6 is 0 Å². The highest BCUT2D eigenvalue weighted by atomic mass is 16.4. The first kappa shape index (κ1) is 20.9. The molecule has 3 aromatic rings. The van der Waals surface area contributed by atoms with Crippen LogP contribution in [0.5, 0.6) is 0 Å². The van der Waals surface area contributed by atoms with Gasteiger partial charge >= 0.3 is 5.97 Å². The molecule has 6 nitrogen and oxygen atoms in total. The van der Waals surface area contributed by atoms with Gasteiger partial charge in [0.1, 0.15) is 0 Å². The van der Waals surface area contributed by atoms with Crippen LogP contribution in [0.25, 0.3) is 11.4 Å². The zero-order valence-corrected chi connectivity index (χ0v) is 17.2. The molecule has 6 heteroatoms. The Morgan fingerprint density at radius 1 is 0.935 bits per heavy atom. The summed E-state index contributed by atoms with van der Waals surface area (Å²) in [5.74, 6) is -0.538. The van der Waals surface area contributed by atoms with Crippen molar-refractivity contribution in [3.05, 3.63) is 84.2 Å². The minimum Gasteiger partial charge on any atom is -0.481 e. The monoisotopic (exact) mass is 415 g/mol. The third kappa shape index (κ3) is 5.03. The van der Waals surface area contributed by atoms with E-state index >= 15 is 0 Å². The number of ketones is 1. The normalized spacial score (nSPS) is 16.0. The molecule has 0 radical (unpaired) electrons. The summed E-state index contributed by atoms with van der Waals surface area (Å²) in [7, 11) is 0. The van der Waals surface area contributed by atoms with Gasteiger partial charge in [0, 0.05) is 18.0 Å². The Hall–Kier alpha value is -3.38. The first-order valence-electron chi connectivity index (χ1n) is 10.5. The summed E-state index contributed by atoms with van der Waals surface area (Å²) in [4.78, 5) is 35.7. The van der Waals surface area contributed by atoms with Gasteiger partial charge < -0.3 is 5.11 Å². The summed E-state index contributed by atoms with van der Waals surface area (Å²) in [5.41, 5.74) is 2.45. The Labute approximate surface area is 181 Å². The lowest BCUT2D eigenvalue weighted by Gasteiger charge is -2.35. The summed E-state index contributed by atoms with van der Waals surface area (Å²) < 4.78 is 0. The maximum atomic E-state index is 13.5. The molecule has 1 atom stereocenters. The first-order chi connectivity index (χ1) is 15.1. The number of hydrogen-bond acceptors (Lipinski definition) is 5. The van der Waals surface area contributed by atoms with Crippen molar-refractivity contribution in [1.82, 2.24) is 14.9 Å². The zero-order chi connectivity index (χ0) is 21.6. The van der Waals surface area contributed by atoms with Crippen LogP contribution < -0.4 is 0 Å². The maximum absolute atomic E-state index is 13.5. The molecule has 0 amide bonds. The molecule has 31 heavy (non-hydrogen) atoms. The Balaban J connectivity index is 1.55. The van der Waals surface area contributed by atoms with Crippen LogP contribution in [-0.2, 0) is 11.2 Å². The summed E-state index contributed by atoms with van der Waals surface area (Å²) >= 11 is 0. The van der Waals surface area contributed by atoms with Crippen LogP contribution in [0, 0.1) is 5.92 Å². The fourth-order valence-electron chi connectivity index (χ4n) is 4.07. The number of aliphatic carboxylic acids is 1. The number of carboxylic acids is 1. The van der Waals surface area contributed by atoms with E-state index in [2.05, 4.69) is 14.9 Å². The minimum absolute atomic E-state index is 0.0303. The van der Waals surface area contributed by atoms with Gasteiger partial charge in [-0.2, -0.15) is 0 Å². The van der Waals surface area contributed by atoms with Crippen molar-refractivity contribution in [1.29, 1.82) is 0 Å². The first-order valence-corrected chi connectivity index (χ1v) is 10.5. The number of rotatable bonds is 7. The lowest BCUT2D eigenvalue weighted by Crippen LogP contribution is -2.47. The highest BCUT2D eigenvalue weighted by Crippen LogP contribution is 2.23. The van der Waals surface area contributed by atoms with E-state index in [4.69, 9.17) is 0 Å². The predicted molar refractivity (Wildman–Crippen MR) is 118 cm³/mol. The largest absolute Gasteiger partial charge is 0.481 e. The lowest BCUT2D eigenvalue weighted by atomic mass is 9.92. The minimum atomic E-state index is -0.754. The number of benzene rings is 2. The lowest BCUT2D eigenvalue weighted by molar-refractivity contribution is -0.143. The molecule has 1 saturated heterocycles.